The Labute approximate surface area is 125 Å². The maximum absolute atomic E-state index is 5.47. The highest BCUT2D eigenvalue weighted by atomic mass is 16.5. The third-order valence-corrected chi connectivity index (χ3v) is 3.32. The highest BCUT2D eigenvalue weighted by Crippen LogP contribution is 2.31. The molecule has 0 aliphatic heterocycles. The molecule has 0 fully saturated rings. The highest BCUT2D eigenvalue weighted by Gasteiger charge is 2.15. The third-order valence-electron chi connectivity index (χ3n) is 3.32. The van der Waals surface area contributed by atoms with Crippen molar-refractivity contribution in [2.75, 3.05) is 14.2 Å². The number of nitrogens with one attached hydrogen (secondary N) is 1. The number of hydrogen-bond donors (Lipinski definition) is 1. The molecule has 0 amide bonds. The number of hydrogen-bond acceptors (Lipinski definition) is 4. The van der Waals surface area contributed by atoms with Crippen molar-refractivity contribution in [1.82, 2.24) is 5.32 Å². The van der Waals surface area contributed by atoms with E-state index in [2.05, 4.69) is 11.9 Å². The van der Waals surface area contributed by atoms with E-state index in [1.165, 1.54) is 0 Å². The molecule has 1 heterocycles. The first-order valence-electron chi connectivity index (χ1n) is 6.87. The fourth-order valence-corrected chi connectivity index (χ4v) is 2.23. The van der Waals surface area contributed by atoms with Crippen LogP contribution in [-0.2, 0) is 6.54 Å². The Morgan fingerprint density at radius 1 is 1.29 bits per heavy atom. The lowest BCUT2D eigenvalue weighted by molar-refractivity contribution is 0.381. The first-order chi connectivity index (χ1) is 10.3. The van der Waals surface area contributed by atoms with E-state index in [0.717, 1.165) is 29.2 Å². The Kier molecular flexibility index (Phi) is 5.46. The van der Waals surface area contributed by atoms with Crippen molar-refractivity contribution in [3.63, 3.8) is 0 Å². The van der Waals surface area contributed by atoms with Gasteiger partial charge in [0.2, 0.25) is 0 Å². The van der Waals surface area contributed by atoms with E-state index in [1.54, 1.807) is 20.5 Å². The lowest BCUT2D eigenvalue weighted by Crippen LogP contribution is -2.20. The average Bonchev–Trinajstić information content (AvgIpc) is 3.04. The van der Waals surface area contributed by atoms with Crippen LogP contribution in [0.5, 0.6) is 11.5 Å². The molecule has 2 rings (SSSR count). The van der Waals surface area contributed by atoms with Crippen LogP contribution >= 0.6 is 0 Å². The van der Waals surface area contributed by atoms with Crippen molar-refractivity contribution in [2.45, 2.75) is 19.0 Å². The van der Waals surface area contributed by atoms with Gasteiger partial charge >= 0.3 is 0 Å². The minimum atomic E-state index is 0.105. The van der Waals surface area contributed by atoms with Crippen LogP contribution in [0.4, 0.5) is 0 Å². The molecule has 1 aromatic carbocycles. The number of rotatable bonds is 8. The summed E-state index contributed by atoms with van der Waals surface area (Å²) >= 11 is 0. The molecule has 1 atom stereocenters. The molecule has 0 aliphatic carbocycles. The van der Waals surface area contributed by atoms with Gasteiger partial charge < -0.3 is 19.2 Å². The van der Waals surface area contributed by atoms with Gasteiger partial charge in [0.15, 0.2) is 0 Å². The van der Waals surface area contributed by atoms with Crippen LogP contribution in [0, 0.1) is 0 Å². The summed E-state index contributed by atoms with van der Waals surface area (Å²) in [5.41, 5.74) is 1.07. The van der Waals surface area contributed by atoms with Crippen molar-refractivity contribution in [3.05, 3.63) is 60.6 Å². The summed E-state index contributed by atoms with van der Waals surface area (Å²) < 4.78 is 16.1. The quantitative estimate of drug-likeness (QED) is 0.752. The zero-order valence-corrected chi connectivity index (χ0v) is 12.5. The van der Waals surface area contributed by atoms with Crippen LogP contribution in [0.15, 0.2) is 53.7 Å². The van der Waals surface area contributed by atoms with E-state index in [4.69, 9.17) is 13.9 Å². The van der Waals surface area contributed by atoms with Gasteiger partial charge in [0.25, 0.3) is 0 Å². The van der Waals surface area contributed by atoms with E-state index in [-0.39, 0.29) is 6.04 Å². The molecule has 21 heavy (non-hydrogen) atoms. The highest BCUT2D eigenvalue weighted by molar-refractivity contribution is 5.42. The molecular formula is C17H21NO3. The van der Waals surface area contributed by atoms with Gasteiger partial charge in [-0.05, 0) is 24.6 Å². The second kappa shape index (κ2) is 7.55. The van der Waals surface area contributed by atoms with Crippen LogP contribution in [0.2, 0.25) is 0 Å². The van der Waals surface area contributed by atoms with Crippen molar-refractivity contribution in [3.8, 4) is 11.5 Å². The second-order valence-electron chi connectivity index (χ2n) is 4.65. The fraction of sp³-hybridized carbons (Fsp3) is 0.294. The predicted octanol–water partition coefficient (Wildman–Crippen LogP) is 3.70. The molecule has 0 unspecified atom stereocenters. The van der Waals surface area contributed by atoms with E-state index in [9.17, 15) is 0 Å². The van der Waals surface area contributed by atoms with Crippen LogP contribution in [0.3, 0.4) is 0 Å². The maximum Gasteiger partial charge on any atom is 0.127 e. The molecule has 4 heteroatoms. The first kappa shape index (κ1) is 15.2. The molecule has 4 nitrogen and oxygen atoms in total. The van der Waals surface area contributed by atoms with E-state index in [1.807, 2.05) is 36.4 Å². The smallest absolute Gasteiger partial charge is 0.127 e. The summed E-state index contributed by atoms with van der Waals surface area (Å²) in [5.74, 6) is 2.48. The SMILES string of the molecule is C=CC[C@@H](NCc1ccco1)c1ccc(OC)cc1OC. The minimum Gasteiger partial charge on any atom is -0.497 e. The Bertz CT molecular complexity index is 563. The minimum absolute atomic E-state index is 0.105. The second-order valence-corrected chi connectivity index (χ2v) is 4.65. The molecule has 0 saturated carbocycles. The van der Waals surface area contributed by atoms with Crippen LogP contribution < -0.4 is 14.8 Å². The summed E-state index contributed by atoms with van der Waals surface area (Å²) in [5, 5.41) is 3.47. The van der Waals surface area contributed by atoms with Crippen LogP contribution in [-0.4, -0.2) is 14.2 Å². The number of ether oxygens (including phenoxy) is 2. The average molecular weight is 287 g/mol. The first-order valence-corrected chi connectivity index (χ1v) is 6.87. The van der Waals surface area contributed by atoms with E-state index in [0.29, 0.717) is 6.54 Å². The van der Waals surface area contributed by atoms with Crippen LogP contribution in [0.1, 0.15) is 23.8 Å². The van der Waals surface area contributed by atoms with Gasteiger partial charge in [0, 0.05) is 17.7 Å². The van der Waals surface area contributed by atoms with Crippen molar-refractivity contribution >= 4 is 0 Å². The Morgan fingerprint density at radius 3 is 2.76 bits per heavy atom. The normalized spacial score (nSPS) is 11.9. The molecule has 0 radical (unpaired) electrons. The monoisotopic (exact) mass is 287 g/mol. The zero-order valence-electron chi connectivity index (χ0n) is 12.5. The van der Waals surface area contributed by atoms with Gasteiger partial charge in [-0.3, -0.25) is 0 Å². The molecule has 0 spiro atoms. The lowest BCUT2D eigenvalue weighted by atomic mass is 10.0. The summed E-state index contributed by atoms with van der Waals surface area (Å²) in [6.07, 6.45) is 4.36. The topological polar surface area (TPSA) is 43.6 Å². The van der Waals surface area contributed by atoms with E-state index < -0.39 is 0 Å². The molecule has 2 aromatic rings. The molecule has 0 saturated heterocycles. The fourth-order valence-electron chi connectivity index (χ4n) is 2.23. The Balaban J connectivity index is 2.18. The predicted molar refractivity (Wildman–Crippen MR) is 82.6 cm³/mol. The van der Waals surface area contributed by atoms with Gasteiger partial charge in [0.1, 0.15) is 17.3 Å². The molecule has 1 aromatic heterocycles. The number of benzene rings is 1. The lowest BCUT2D eigenvalue weighted by Gasteiger charge is -2.20. The van der Waals surface area contributed by atoms with Gasteiger partial charge in [-0.1, -0.05) is 12.1 Å². The number of furan rings is 1. The number of methoxy groups -OCH3 is 2. The van der Waals surface area contributed by atoms with Gasteiger partial charge in [-0.2, -0.15) is 0 Å². The van der Waals surface area contributed by atoms with Gasteiger partial charge in [-0.15, -0.1) is 6.58 Å². The third kappa shape index (κ3) is 3.89. The molecule has 0 aliphatic rings. The van der Waals surface area contributed by atoms with Crippen LogP contribution in [0.25, 0.3) is 0 Å². The van der Waals surface area contributed by atoms with Crippen molar-refractivity contribution in [2.24, 2.45) is 0 Å². The van der Waals surface area contributed by atoms with Gasteiger partial charge in [0.05, 0.1) is 27.0 Å². The largest absolute Gasteiger partial charge is 0.497 e. The van der Waals surface area contributed by atoms with E-state index >= 15 is 0 Å². The van der Waals surface area contributed by atoms with Crippen molar-refractivity contribution in [1.29, 1.82) is 0 Å². The maximum atomic E-state index is 5.47. The standard InChI is InChI=1S/C17H21NO3/c1-4-6-16(18-12-14-7-5-10-21-14)15-9-8-13(19-2)11-17(15)20-3/h4-5,7-11,16,18H,1,6,12H2,2-3H3/t16-/m1/s1. The summed E-state index contributed by atoms with van der Waals surface area (Å²) in [6.45, 7) is 4.48. The molecule has 1 N–H and O–H groups in total. The summed E-state index contributed by atoms with van der Waals surface area (Å²) in [7, 11) is 3.31. The summed E-state index contributed by atoms with van der Waals surface area (Å²) in [4.78, 5) is 0. The molecule has 112 valence electrons. The van der Waals surface area contributed by atoms with Crippen molar-refractivity contribution < 1.29 is 13.9 Å². The Hall–Kier alpha value is -2.20. The summed E-state index contributed by atoms with van der Waals surface area (Å²) in [6, 6.07) is 9.77. The zero-order chi connectivity index (χ0) is 15.1. The Morgan fingerprint density at radius 2 is 2.14 bits per heavy atom. The molecule has 0 bridgehead atoms. The molecular weight excluding hydrogens is 266 g/mol. The van der Waals surface area contributed by atoms with Gasteiger partial charge in [-0.25, -0.2) is 0 Å².